The molecule has 1 saturated heterocycles. The van der Waals surface area contributed by atoms with Crippen molar-refractivity contribution in [3.05, 3.63) is 35.9 Å². The molecule has 1 aliphatic heterocycles. The number of nitrogens with one attached hydrogen (secondary N) is 3. The van der Waals surface area contributed by atoms with Crippen molar-refractivity contribution in [1.29, 1.82) is 0 Å². The van der Waals surface area contributed by atoms with E-state index in [2.05, 4.69) is 16.0 Å². The predicted octanol–water partition coefficient (Wildman–Crippen LogP) is 2.88. The van der Waals surface area contributed by atoms with Crippen LogP contribution in [-0.4, -0.2) is 114 Å². The molecule has 4 amide bonds. The van der Waals surface area contributed by atoms with Gasteiger partial charge in [0.25, 0.3) is 0 Å². The number of nitrogens with zero attached hydrogens (tertiary/aromatic N) is 2. The van der Waals surface area contributed by atoms with E-state index in [1.807, 2.05) is 59.7 Å². The summed E-state index contributed by atoms with van der Waals surface area (Å²) < 4.78 is 5.94. The third-order valence-corrected chi connectivity index (χ3v) is 10.5. The molecule has 50 heavy (non-hydrogen) atoms. The van der Waals surface area contributed by atoms with Gasteiger partial charge in [-0.3, -0.25) is 19.2 Å². The Morgan fingerprint density at radius 2 is 1.54 bits per heavy atom. The first kappa shape index (κ1) is 43.1. The predicted molar refractivity (Wildman–Crippen MR) is 195 cm³/mol. The highest BCUT2D eigenvalue weighted by molar-refractivity contribution is 5.90. The minimum Gasteiger partial charge on any atom is -0.390 e. The van der Waals surface area contributed by atoms with Crippen LogP contribution in [0, 0.1) is 23.7 Å². The number of likely N-dealkylation sites (tertiary alicyclic amines) is 1. The molecule has 2 rings (SSSR count). The second-order valence-corrected chi connectivity index (χ2v) is 14.8. The van der Waals surface area contributed by atoms with Gasteiger partial charge in [0.1, 0.15) is 6.04 Å². The second kappa shape index (κ2) is 20.1. The van der Waals surface area contributed by atoms with Crippen molar-refractivity contribution in [3.63, 3.8) is 0 Å². The first-order valence-corrected chi connectivity index (χ1v) is 18.3. The van der Waals surface area contributed by atoms with Gasteiger partial charge in [0.15, 0.2) is 0 Å². The molecule has 0 spiro atoms. The molecule has 1 aromatic rings. The zero-order valence-corrected chi connectivity index (χ0v) is 32.2. The maximum absolute atomic E-state index is 14.1. The summed E-state index contributed by atoms with van der Waals surface area (Å²) in [5.74, 6) is -2.17. The van der Waals surface area contributed by atoms with Gasteiger partial charge < -0.3 is 40.7 Å². The van der Waals surface area contributed by atoms with Crippen LogP contribution in [0.25, 0.3) is 0 Å². The molecule has 5 N–H and O–H groups in total. The molecule has 0 bridgehead atoms. The molecule has 1 aliphatic rings. The van der Waals surface area contributed by atoms with Gasteiger partial charge >= 0.3 is 0 Å². The summed E-state index contributed by atoms with van der Waals surface area (Å²) in [7, 11) is 4.95. The van der Waals surface area contributed by atoms with Crippen molar-refractivity contribution >= 4 is 23.6 Å². The van der Waals surface area contributed by atoms with Gasteiger partial charge in [-0.05, 0) is 50.1 Å². The number of likely N-dealkylation sites (N-methyl/N-ethyl adjacent to an activating group) is 2. The lowest BCUT2D eigenvalue weighted by atomic mass is 9.89. The van der Waals surface area contributed by atoms with E-state index in [1.165, 1.54) is 7.11 Å². The van der Waals surface area contributed by atoms with Gasteiger partial charge in [0.05, 0.1) is 54.8 Å². The molecule has 12 nitrogen and oxygen atoms in total. The first-order valence-electron chi connectivity index (χ1n) is 18.3. The number of amides is 4. The molecule has 12 heteroatoms. The van der Waals surface area contributed by atoms with Crippen LogP contribution in [0.4, 0.5) is 0 Å². The van der Waals surface area contributed by atoms with Crippen LogP contribution >= 0.6 is 0 Å². The number of hydrogen-bond acceptors (Lipinski definition) is 8. The Hall–Kier alpha value is -3.06. The van der Waals surface area contributed by atoms with Crippen LogP contribution in [0.2, 0.25) is 0 Å². The van der Waals surface area contributed by atoms with Crippen LogP contribution in [0.3, 0.4) is 0 Å². The highest BCUT2D eigenvalue weighted by Gasteiger charge is 2.42. The number of benzene rings is 1. The molecule has 0 saturated carbocycles. The number of carbonyl (C=O) groups is 4. The van der Waals surface area contributed by atoms with E-state index in [4.69, 9.17) is 4.74 Å². The fourth-order valence-electron chi connectivity index (χ4n) is 7.08. The first-order chi connectivity index (χ1) is 23.5. The van der Waals surface area contributed by atoms with Crippen molar-refractivity contribution in [2.75, 3.05) is 27.7 Å². The Morgan fingerprint density at radius 1 is 0.940 bits per heavy atom. The number of ether oxygens (including phenoxy) is 1. The standard InChI is InChI=1S/C38H65N5O7/c1-12-24(6)33(42(10)38(49)32(23(4)5)41-37(48)31(39-9)22(2)3)29(50-11)21-30(44)43-20-16-19-28(43)34(45)25(7)36(47)40-26(8)35(46)27-17-14-13-15-18-27/h13-15,17-18,22-26,28-29,31-35,39,45-46H,12,16,19-21H2,1-11H3,(H,40,47)(H,41,48)/t24-,25+,26+,28-,29+,31?,32?,33-,34+,35+/m0/s1. The zero-order chi connectivity index (χ0) is 37.9. The highest BCUT2D eigenvalue weighted by Crippen LogP contribution is 2.29. The maximum Gasteiger partial charge on any atom is 0.245 e. The van der Waals surface area contributed by atoms with E-state index < -0.39 is 60.3 Å². The second-order valence-electron chi connectivity index (χ2n) is 14.8. The van der Waals surface area contributed by atoms with Crippen molar-refractivity contribution < 1.29 is 34.1 Å². The van der Waals surface area contributed by atoms with Crippen molar-refractivity contribution in [2.45, 2.75) is 130 Å². The smallest absolute Gasteiger partial charge is 0.245 e. The summed E-state index contributed by atoms with van der Waals surface area (Å²) in [5, 5.41) is 31.0. The van der Waals surface area contributed by atoms with Crippen LogP contribution in [0.15, 0.2) is 30.3 Å². The van der Waals surface area contributed by atoms with Gasteiger partial charge in [0, 0.05) is 20.7 Å². The van der Waals surface area contributed by atoms with E-state index >= 15 is 0 Å². The van der Waals surface area contributed by atoms with Gasteiger partial charge in [-0.25, -0.2) is 0 Å². The summed E-state index contributed by atoms with van der Waals surface area (Å²) in [4.78, 5) is 57.6. The lowest BCUT2D eigenvalue weighted by molar-refractivity contribution is -0.147. The molecule has 1 heterocycles. The fourth-order valence-corrected chi connectivity index (χ4v) is 7.08. The van der Waals surface area contributed by atoms with Crippen molar-refractivity contribution in [1.82, 2.24) is 25.8 Å². The summed E-state index contributed by atoms with van der Waals surface area (Å²) in [6.07, 6.45) is -0.787. The topological polar surface area (TPSA) is 161 Å². The molecule has 0 aliphatic carbocycles. The molecule has 10 atom stereocenters. The number of aliphatic hydroxyl groups is 2. The average Bonchev–Trinajstić information content (AvgIpc) is 3.59. The number of carbonyl (C=O) groups excluding carboxylic acids is 4. The van der Waals surface area contributed by atoms with E-state index in [-0.39, 0.29) is 41.9 Å². The molecular formula is C38H65N5O7. The third kappa shape index (κ3) is 11.0. The molecule has 1 fully saturated rings. The normalized spacial score (nSPS) is 20.3. The third-order valence-electron chi connectivity index (χ3n) is 10.5. The largest absolute Gasteiger partial charge is 0.390 e. The van der Waals surface area contributed by atoms with Gasteiger partial charge in [0.2, 0.25) is 23.6 Å². The number of methoxy groups -OCH3 is 1. The van der Waals surface area contributed by atoms with E-state index in [0.717, 1.165) is 6.42 Å². The van der Waals surface area contributed by atoms with Gasteiger partial charge in [-0.1, -0.05) is 85.2 Å². The number of hydrogen-bond donors (Lipinski definition) is 5. The summed E-state index contributed by atoms with van der Waals surface area (Å²) >= 11 is 0. The zero-order valence-electron chi connectivity index (χ0n) is 32.2. The van der Waals surface area contributed by atoms with Gasteiger partial charge in [-0.15, -0.1) is 0 Å². The number of rotatable bonds is 19. The molecule has 0 radical (unpaired) electrons. The van der Waals surface area contributed by atoms with Crippen LogP contribution in [0.5, 0.6) is 0 Å². The Bertz CT molecular complexity index is 1230. The quantitative estimate of drug-likeness (QED) is 0.147. The van der Waals surface area contributed by atoms with E-state index in [0.29, 0.717) is 24.9 Å². The Balaban J connectivity index is 2.20. The van der Waals surface area contributed by atoms with Gasteiger partial charge in [-0.2, -0.15) is 0 Å². The monoisotopic (exact) mass is 703 g/mol. The van der Waals surface area contributed by atoms with E-state index in [9.17, 15) is 29.4 Å². The fraction of sp³-hybridized carbons (Fsp3) is 0.737. The SMILES string of the molecule is CC[C@H](C)[C@@H]([C@@H](CC(=O)N1CCC[C@H]1[C@H](O)[C@@H](C)C(=O)N[C@H](C)[C@@H](O)c1ccccc1)OC)N(C)C(=O)C(NC(=O)C(NC)C(C)C)C(C)C. The van der Waals surface area contributed by atoms with Crippen molar-refractivity contribution in [2.24, 2.45) is 23.7 Å². The molecule has 284 valence electrons. The summed E-state index contributed by atoms with van der Waals surface area (Å²) in [5.41, 5.74) is 0.676. The van der Waals surface area contributed by atoms with Crippen LogP contribution < -0.4 is 16.0 Å². The number of aliphatic hydroxyl groups excluding tert-OH is 2. The van der Waals surface area contributed by atoms with Crippen LogP contribution in [-0.2, 0) is 23.9 Å². The summed E-state index contributed by atoms with van der Waals surface area (Å²) in [6, 6.07) is 6.19. The van der Waals surface area contributed by atoms with Crippen molar-refractivity contribution in [3.8, 4) is 0 Å². The molecular weight excluding hydrogens is 638 g/mol. The van der Waals surface area contributed by atoms with E-state index in [1.54, 1.807) is 49.9 Å². The Kier molecular flexibility index (Phi) is 17.3. The molecule has 1 aromatic carbocycles. The lowest BCUT2D eigenvalue weighted by Crippen LogP contribution is -2.59. The lowest BCUT2D eigenvalue weighted by Gasteiger charge is -2.40. The maximum atomic E-state index is 14.1. The minimum atomic E-state index is -1.12. The Labute approximate surface area is 300 Å². The molecule has 0 aromatic heterocycles. The minimum absolute atomic E-state index is 0.0267. The summed E-state index contributed by atoms with van der Waals surface area (Å²) in [6.45, 7) is 15.5. The average molecular weight is 704 g/mol. The van der Waals surface area contributed by atoms with Crippen LogP contribution in [0.1, 0.15) is 92.7 Å². The Morgan fingerprint density at radius 3 is 2.06 bits per heavy atom. The molecule has 2 unspecified atom stereocenters. The highest BCUT2D eigenvalue weighted by atomic mass is 16.5.